The van der Waals surface area contributed by atoms with Crippen molar-refractivity contribution in [2.45, 2.75) is 19.3 Å². The van der Waals surface area contributed by atoms with Crippen molar-refractivity contribution in [2.75, 3.05) is 5.32 Å². The minimum Gasteiger partial charge on any atom is -0.352 e. The van der Waals surface area contributed by atoms with E-state index in [1.807, 2.05) is 55.5 Å². The molecule has 1 aliphatic rings. The quantitative estimate of drug-likeness (QED) is 0.701. The minimum absolute atomic E-state index is 0.0952. The van der Waals surface area contributed by atoms with Crippen LogP contribution in [0, 0.1) is 6.92 Å². The molecule has 4 N–H and O–H groups in total. The molecule has 5 nitrogen and oxygen atoms in total. The van der Waals surface area contributed by atoms with E-state index in [2.05, 4.69) is 21.5 Å². The number of anilines is 1. The van der Waals surface area contributed by atoms with Crippen LogP contribution in [0.1, 0.15) is 17.2 Å². The largest absolute Gasteiger partial charge is 0.352 e. The Balaban J connectivity index is 1.68. The third-order valence-electron chi connectivity index (χ3n) is 3.62. The average molecular weight is 317 g/mol. The lowest BCUT2D eigenvalue weighted by molar-refractivity contribution is -0.126. The van der Waals surface area contributed by atoms with Gasteiger partial charge in [0.2, 0.25) is 5.91 Å². The van der Waals surface area contributed by atoms with E-state index in [1.54, 1.807) is 0 Å². The van der Waals surface area contributed by atoms with Crippen molar-refractivity contribution in [2.24, 2.45) is 0 Å². The van der Waals surface area contributed by atoms with Crippen molar-refractivity contribution in [3.8, 4) is 0 Å². The first-order chi connectivity index (χ1) is 10.6. The third-order valence-corrected chi connectivity index (χ3v) is 4.03. The topological polar surface area (TPSA) is 65.2 Å². The van der Waals surface area contributed by atoms with Gasteiger partial charge in [-0.15, -0.1) is 0 Å². The fourth-order valence-electron chi connectivity index (χ4n) is 2.37. The fourth-order valence-corrected chi connectivity index (χ4v) is 2.54. The molecule has 22 heavy (non-hydrogen) atoms. The Morgan fingerprint density at radius 3 is 2.55 bits per heavy atom. The summed E-state index contributed by atoms with van der Waals surface area (Å²) in [6.45, 7) is 1.93. The first kappa shape index (κ1) is 14.8. The van der Waals surface area contributed by atoms with Crippen LogP contribution in [0.15, 0.2) is 48.5 Å². The van der Waals surface area contributed by atoms with Gasteiger partial charge in [0.25, 0.3) is 0 Å². The van der Waals surface area contributed by atoms with Gasteiger partial charge in [-0.3, -0.25) is 4.79 Å². The van der Waals surface area contributed by atoms with Crippen LogP contribution in [-0.4, -0.2) is 12.2 Å². The van der Waals surface area contributed by atoms with Gasteiger partial charge < -0.3 is 10.6 Å². The number of halogens is 1. The highest BCUT2D eigenvalue weighted by molar-refractivity contribution is 6.31. The Hall–Kier alpha value is -2.08. The molecule has 6 heteroatoms. The molecule has 0 aliphatic carbocycles. The Kier molecular flexibility index (Phi) is 4.29. The summed E-state index contributed by atoms with van der Waals surface area (Å²) in [5.74, 6) is -0.0952. The number of hydrogen-bond acceptors (Lipinski definition) is 4. The van der Waals surface area contributed by atoms with Gasteiger partial charge in [-0.1, -0.05) is 48.0 Å². The number of nitrogens with one attached hydrogen (secondary N) is 4. The Morgan fingerprint density at radius 1 is 1.05 bits per heavy atom. The molecule has 114 valence electrons. The SMILES string of the molecule is Cc1c(Cl)cccc1NC1NNC(c2ccccc2)C(=O)N1. The molecule has 0 saturated carbocycles. The van der Waals surface area contributed by atoms with Gasteiger partial charge in [-0.25, -0.2) is 10.9 Å². The molecular weight excluding hydrogens is 300 g/mol. The normalized spacial score (nSPS) is 21.3. The van der Waals surface area contributed by atoms with Crippen molar-refractivity contribution in [1.82, 2.24) is 16.2 Å². The zero-order valence-corrected chi connectivity index (χ0v) is 12.8. The zero-order valence-electron chi connectivity index (χ0n) is 12.1. The molecule has 1 heterocycles. The molecule has 3 rings (SSSR count). The standard InChI is InChI=1S/C16H17ClN4O/c1-10-12(17)8-5-9-13(10)18-16-19-15(22)14(20-21-16)11-6-3-2-4-7-11/h2-9,14,16,18,20-21H,1H3,(H,19,22). The number of carbonyl (C=O) groups is 1. The van der Waals surface area contributed by atoms with Crippen LogP contribution in [0.4, 0.5) is 5.69 Å². The smallest absolute Gasteiger partial charge is 0.245 e. The maximum absolute atomic E-state index is 12.3. The van der Waals surface area contributed by atoms with E-state index >= 15 is 0 Å². The first-order valence-corrected chi connectivity index (χ1v) is 7.41. The lowest BCUT2D eigenvalue weighted by atomic mass is 10.1. The number of benzene rings is 2. The number of rotatable bonds is 3. The average Bonchev–Trinajstić information content (AvgIpc) is 2.53. The summed E-state index contributed by atoms with van der Waals surface area (Å²) >= 11 is 6.10. The lowest BCUT2D eigenvalue weighted by Gasteiger charge is -2.32. The molecule has 1 fully saturated rings. The van der Waals surface area contributed by atoms with Crippen molar-refractivity contribution in [3.63, 3.8) is 0 Å². The maximum Gasteiger partial charge on any atom is 0.245 e. The van der Waals surface area contributed by atoms with E-state index in [0.717, 1.165) is 16.8 Å². The zero-order chi connectivity index (χ0) is 15.5. The van der Waals surface area contributed by atoms with E-state index < -0.39 is 12.3 Å². The van der Waals surface area contributed by atoms with E-state index in [9.17, 15) is 4.79 Å². The van der Waals surface area contributed by atoms with Gasteiger partial charge in [0.15, 0.2) is 6.29 Å². The minimum atomic E-state index is -0.417. The molecule has 2 unspecified atom stereocenters. The van der Waals surface area contributed by atoms with Crippen molar-refractivity contribution >= 4 is 23.2 Å². The molecule has 1 saturated heterocycles. The van der Waals surface area contributed by atoms with Crippen molar-refractivity contribution in [3.05, 3.63) is 64.7 Å². The summed E-state index contributed by atoms with van der Waals surface area (Å²) in [5, 5.41) is 6.78. The first-order valence-electron chi connectivity index (χ1n) is 7.03. The summed E-state index contributed by atoms with van der Waals surface area (Å²) in [5.41, 5.74) is 8.80. The highest BCUT2D eigenvalue weighted by Crippen LogP contribution is 2.23. The number of carbonyl (C=O) groups excluding carboxylic acids is 1. The molecular formula is C16H17ClN4O. The van der Waals surface area contributed by atoms with E-state index in [-0.39, 0.29) is 5.91 Å². The van der Waals surface area contributed by atoms with Crippen LogP contribution in [0.25, 0.3) is 0 Å². The molecule has 1 aliphatic heterocycles. The van der Waals surface area contributed by atoms with Gasteiger partial charge in [0, 0.05) is 10.7 Å². The van der Waals surface area contributed by atoms with Crippen LogP contribution in [-0.2, 0) is 4.79 Å². The molecule has 1 amide bonds. The van der Waals surface area contributed by atoms with Crippen LogP contribution >= 0.6 is 11.6 Å². The Bertz CT molecular complexity index is 677. The second-order valence-electron chi connectivity index (χ2n) is 5.13. The lowest BCUT2D eigenvalue weighted by Crippen LogP contribution is -2.64. The highest BCUT2D eigenvalue weighted by atomic mass is 35.5. The molecule has 0 bridgehead atoms. The van der Waals surface area contributed by atoms with E-state index in [0.29, 0.717) is 5.02 Å². The maximum atomic E-state index is 12.3. The summed E-state index contributed by atoms with van der Waals surface area (Å²) in [7, 11) is 0. The third kappa shape index (κ3) is 3.06. The van der Waals surface area contributed by atoms with Gasteiger partial charge >= 0.3 is 0 Å². The molecule has 2 aromatic carbocycles. The monoisotopic (exact) mass is 316 g/mol. The van der Waals surface area contributed by atoms with Crippen LogP contribution in [0.5, 0.6) is 0 Å². The number of hydrazine groups is 1. The molecule has 0 spiro atoms. The Morgan fingerprint density at radius 2 is 1.82 bits per heavy atom. The predicted octanol–water partition coefficient (Wildman–Crippen LogP) is 2.31. The Labute approximate surface area is 134 Å². The second kappa shape index (κ2) is 6.36. The van der Waals surface area contributed by atoms with Crippen molar-refractivity contribution in [1.29, 1.82) is 0 Å². The van der Waals surface area contributed by atoms with E-state index in [1.165, 1.54) is 0 Å². The molecule has 2 atom stereocenters. The van der Waals surface area contributed by atoms with E-state index in [4.69, 9.17) is 11.6 Å². The van der Waals surface area contributed by atoms with Gasteiger partial charge in [0.1, 0.15) is 6.04 Å². The summed E-state index contributed by atoms with van der Waals surface area (Å²) in [4.78, 5) is 12.3. The summed E-state index contributed by atoms with van der Waals surface area (Å²) in [6, 6.07) is 14.7. The predicted molar refractivity (Wildman–Crippen MR) is 87.2 cm³/mol. The second-order valence-corrected chi connectivity index (χ2v) is 5.54. The van der Waals surface area contributed by atoms with Gasteiger partial charge in [0.05, 0.1) is 0 Å². The van der Waals surface area contributed by atoms with Crippen LogP contribution in [0.3, 0.4) is 0 Å². The highest BCUT2D eigenvalue weighted by Gasteiger charge is 2.28. The summed E-state index contributed by atoms with van der Waals surface area (Å²) in [6.07, 6.45) is -0.412. The van der Waals surface area contributed by atoms with Gasteiger partial charge in [-0.2, -0.15) is 0 Å². The molecule has 2 aromatic rings. The summed E-state index contributed by atoms with van der Waals surface area (Å²) < 4.78 is 0. The van der Waals surface area contributed by atoms with Crippen molar-refractivity contribution < 1.29 is 4.79 Å². The molecule has 0 radical (unpaired) electrons. The van der Waals surface area contributed by atoms with Gasteiger partial charge in [-0.05, 0) is 30.2 Å². The number of hydrogen-bond donors (Lipinski definition) is 4. The van der Waals surface area contributed by atoms with Crippen LogP contribution < -0.4 is 21.5 Å². The molecule has 0 aromatic heterocycles. The fraction of sp³-hybridized carbons (Fsp3) is 0.188. The number of amides is 1. The van der Waals surface area contributed by atoms with Crippen LogP contribution in [0.2, 0.25) is 5.02 Å².